The van der Waals surface area contributed by atoms with Gasteiger partial charge in [0.15, 0.2) is 0 Å². The minimum absolute atomic E-state index is 0.108. The minimum Gasteiger partial charge on any atom is -0.342 e. The van der Waals surface area contributed by atoms with Crippen LogP contribution in [0.2, 0.25) is 5.02 Å². The van der Waals surface area contributed by atoms with Crippen LogP contribution in [0.15, 0.2) is 83.9 Å². The van der Waals surface area contributed by atoms with Crippen molar-refractivity contribution in [3.05, 3.63) is 105 Å². The van der Waals surface area contributed by atoms with Crippen LogP contribution in [0, 0.1) is 10.1 Å². The van der Waals surface area contributed by atoms with Crippen LogP contribution in [0.3, 0.4) is 0 Å². The van der Waals surface area contributed by atoms with Crippen molar-refractivity contribution >= 4 is 40.0 Å². The molecule has 6 heteroatoms. The lowest BCUT2D eigenvalue weighted by molar-refractivity contribution is -0.384. The summed E-state index contributed by atoms with van der Waals surface area (Å²) in [5.41, 5.74) is 3.38. The second kappa shape index (κ2) is 8.09. The van der Waals surface area contributed by atoms with Crippen LogP contribution >= 0.6 is 23.4 Å². The fraction of sp³-hybridized carbons (Fsp3) is 0.0909. The molecule has 0 saturated carbocycles. The molecule has 0 N–H and O–H groups in total. The number of nitro groups is 1. The maximum atomic E-state index is 10.8. The first-order valence-electron chi connectivity index (χ1n) is 8.79. The summed E-state index contributed by atoms with van der Waals surface area (Å²) in [5.74, 6) is 0.797. The van der Waals surface area contributed by atoms with Crippen molar-refractivity contribution in [1.29, 1.82) is 0 Å². The van der Waals surface area contributed by atoms with Crippen molar-refractivity contribution in [1.82, 2.24) is 4.57 Å². The molecule has 0 unspecified atom stereocenters. The van der Waals surface area contributed by atoms with Crippen LogP contribution < -0.4 is 0 Å². The van der Waals surface area contributed by atoms with E-state index in [-0.39, 0.29) is 10.6 Å². The monoisotopic (exact) mass is 408 g/mol. The molecule has 1 aromatic heterocycles. The molecule has 4 rings (SSSR count). The zero-order valence-electron chi connectivity index (χ0n) is 14.9. The third kappa shape index (κ3) is 3.91. The maximum absolute atomic E-state index is 10.8. The van der Waals surface area contributed by atoms with Gasteiger partial charge in [-0.15, -0.1) is 11.8 Å². The first-order valence-corrected chi connectivity index (χ1v) is 10.2. The molecule has 1 heterocycles. The van der Waals surface area contributed by atoms with Gasteiger partial charge in [-0.05, 0) is 23.3 Å². The minimum atomic E-state index is -0.377. The van der Waals surface area contributed by atoms with Crippen molar-refractivity contribution in [2.24, 2.45) is 0 Å². The predicted molar refractivity (Wildman–Crippen MR) is 115 cm³/mol. The average molecular weight is 409 g/mol. The largest absolute Gasteiger partial charge is 0.342 e. The van der Waals surface area contributed by atoms with E-state index in [0.717, 1.165) is 27.4 Å². The Bertz CT molecular complexity index is 1140. The first kappa shape index (κ1) is 18.6. The Morgan fingerprint density at radius 2 is 1.68 bits per heavy atom. The fourth-order valence-corrected chi connectivity index (χ4v) is 4.52. The molecule has 0 amide bonds. The second-order valence-corrected chi connectivity index (χ2v) is 7.87. The van der Waals surface area contributed by atoms with E-state index in [2.05, 4.69) is 22.9 Å². The van der Waals surface area contributed by atoms with Gasteiger partial charge in [-0.2, -0.15) is 0 Å². The van der Waals surface area contributed by atoms with Gasteiger partial charge in [0.05, 0.1) is 4.92 Å². The Morgan fingerprint density at radius 3 is 2.43 bits per heavy atom. The predicted octanol–water partition coefficient (Wildman–Crippen LogP) is 6.54. The Kier molecular flexibility index (Phi) is 5.37. The van der Waals surface area contributed by atoms with Crippen molar-refractivity contribution in [3.8, 4) is 0 Å². The van der Waals surface area contributed by atoms with Gasteiger partial charge >= 0.3 is 0 Å². The van der Waals surface area contributed by atoms with Crippen LogP contribution in [0.4, 0.5) is 5.69 Å². The van der Waals surface area contributed by atoms with Gasteiger partial charge in [-0.1, -0.05) is 60.1 Å². The summed E-state index contributed by atoms with van der Waals surface area (Å²) >= 11 is 8.05. The highest BCUT2D eigenvalue weighted by atomic mass is 35.5. The number of para-hydroxylation sites is 1. The summed E-state index contributed by atoms with van der Waals surface area (Å²) in [5, 5.41) is 12.8. The van der Waals surface area contributed by atoms with E-state index in [1.807, 2.05) is 48.5 Å². The molecule has 0 spiro atoms. The molecular formula is C22H17ClN2O2S. The first-order chi connectivity index (χ1) is 13.6. The topological polar surface area (TPSA) is 48.1 Å². The van der Waals surface area contributed by atoms with E-state index in [4.69, 9.17) is 11.6 Å². The van der Waals surface area contributed by atoms with Crippen molar-refractivity contribution in [2.75, 3.05) is 0 Å². The van der Waals surface area contributed by atoms with E-state index in [1.54, 1.807) is 23.9 Å². The molecule has 140 valence electrons. The van der Waals surface area contributed by atoms with Crippen LogP contribution in [0.1, 0.15) is 11.1 Å². The number of aromatic nitrogens is 1. The molecule has 0 bridgehead atoms. The molecule has 0 aliphatic rings. The standard InChI is InChI=1S/C22H17ClN2O2S/c23-20-7-3-1-5-17(20)15-28-22-14-24(21-8-4-2-6-19(21)22)13-16-9-11-18(12-10-16)25(26)27/h1-12,14H,13,15H2. The molecule has 0 aliphatic carbocycles. The lowest BCUT2D eigenvalue weighted by Crippen LogP contribution is -1.98. The van der Waals surface area contributed by atoms with Gasteiger partial charge in [0.2, 0.25) is 0 Å². The molecule has 0 aliphatic heterocycles. The number of halogens is 1. The number of hydrogen-bond donors (Lipinski definition) is 0. The number of nitro benzene ring substituents is 1. The number of nitrogens with zero attached hydrogens (tertiary/aromatic N) is 2. The highest BCUT2D eigenvalue weighted by Gasteiger charge is 2.11. The summed E-state index contributed by atoms with van der Waals surface area (Å²) in [7, 11) is 0. The average Bonchev–Trinajstić information content (AvgIpc) is 3.05. The lowest BCUT2D eigenvalue weighted by Gasteiger charge is -2.05. The summed E-state index contributed by atoms with van der Waals surface area (Å²) < 4.78 is 2.19. The lowest BCUT2D eigenvalue weighted by atomic mass is 10.2. The summed E-state index contributed by atoms with van der Waals surface area (Å²) in [4.78, 5) is 11.7. The number of hydrogen-bond acceptors (Lipinski definition) is 3. The number of benzene rings is 3. The molecule has 0 radical (unpaired) electrons. The molecular weight excluding hydrogens is 392 g/mol. The van der Waals surface area contributed by atoms with Crippen LogP contribution in [0.5, 0.6) is 0 Å². The van der Waals surface area contributed by atoms with Crippen LogP contribution in [-0.2, 0) is 12.3 Å². The van der Waals surface area contributed by atoms with Gasteiger partial charge in [0.1, 0.15) is 0 Å². The third-order valence-electron chi connectivity index (χ3n) is 4.59. The zero-order valence-corrected chi connectivity index (χ0v) is 16.5. The highest BCUT2D eigenvalue weighted by molar-refractivity contribution is 7.98. The third-order valence-corrected chi connectivity index (χ3v) is 6.05. The van der Waals surface area contributed by atoms with Crippen LogP contribution in [0.25, 0.3) is 10.9 Å². The fourth-order valence-electron chi connectivity index (χ4n) is 3.15. The van der Waals surface area contributed by atoms with Gasteiger partial charge in [-0.3, -0.25) is 10.1 Å². The van der Waals surface area contributed by atoms with Gasteiger partial charge in [-0.25, -0.2) is 0 Å². The molecule has 28 heavy (non-hydrogen) atoms. The zero-order chi connectivity index (χ0) is 19.5. The Labute approximate surface area is 171 Å². The summed E-state index contributed by atoms with van der Waals surface area (Å²) in [6, 6.07) is 22.9. The van der Waals surface area contributed by atoms with E-state index in [1.165, 1.54) is 10.3 Å². The Morgan fingerprint density at radius 1 is 0.964 bits per heavy atom. The smallest absolute Gasteiger partial charge is 0.269 e. The van der Waals surface area contributed by atoms with Crippen molar-refractivity contribution in [3.63, 3.8) is 0 Å². The molecule has 0 saturated heterocycles. The second-order valence-electron chi connectivity index (χ2n) is 6.44. The molecule has 0 atom stereocenters. The van der Waals surface area contributed by atoms with Gasteiger partial charge in [0, 0.05) is 51.4 Å². The van der Waals surface area contributed by atoms with E-state index >= 15 is 0 Å². The van der Waals surface area contributed by atoms with E-state index in [0.29, 0.717) is 6.54 Å². The molecule has 0 fully saturated rings. The molecule has 4 aromatic rings. The number of non-ortho nitro benzene ring substituents is 1. The van der Waals surface area contributed by atoms with Gasteiger partial charge < -0.3 is 4.57 Å². The van der Waals surface area contributed by atoms with Crippen molar-refractivity contribution < 1.29 is 4.92 Å². The highest BCUT2D eigenvalue weighted by Crippen LogP contribution is 2.34. The summed E-state index contributed by atoms with van der Waals surface area (Å²) in [6.07, 6.45) is 2.15. The molecule has 3 aromatic carbocycles. The number of thioether (sulfide) groups is 1. The molecule has 4 nitrogen and oxygen atoms in total. The summed E-state index contributed by atoms with van der Waals surface area (Å²) in [6.45, 7) is 0.658. The van der Waals surface area contributed by atoms with Crippen LogP contribution in [-0.4, -0.2) is 9.49 Å². The quantitative estimate of drug-likeness (QED) is 0.206. The van der Waals surface area contributed by atoms with Crippen molar-refractivity contribution in [2.45, 2.75) is 17.2 Å². The number of fused-ring (bicyclic) bond motifs is 1. The number of rotatable bonds is 6. The normalized spacial score (nSPS) is 11.0. The van der Waals surface area contributed by atoms with E-state index in [9.17, 15) is 10.1 Å². The van der Waals surface area contributed by atoms with E-state index < -0.39 is 0 Å². The maximum Gasteiger partial charge on any atom is 0.269 e. The SMILES string of the molecule is O=[N+]([O-])c1ccc(Cn2cc(SCc3ccccc3Cl)c3ccccc32)cc1. The Balaban J connectivity index is 1.61. The Hall–Kier alpha value is -2.76. The van der Waals surface area contributed by atoms with Gasteiger partial charge in [0.25, 0.3) is 5.69 Å².